The first kappa shape index (κ1) is 22.1. The topological polar surface area (TPSA) is 116 Å². The van der Waals surface area contributed by atoms with Crippen molar-refractivity contribution in [3.63, 3.8) is 0 Å². The number of amides is 1. The summed E-state index contributed by atoms with van der Waals surface area (Å²) in [6.45, 7) is 0. The fourth-order valence-electron chi connectivity index (χ4n) is 3.06. The zero-order valence-corrected chi connectivity index (χ0v) is 18.2. The number of nitro groups is 2. The lowest BCUT2D eigenvalue weighted by Crippen LogP contribution is -2.27. The van der Waals surface area contributed by atoms with E-state index in [-0.39, 0.29) is 17.4 Å². The molecule has 1 aliphatic heterocycles. The maximum absolute atomic E-state index is 12.9. The minimum atomic E-state index is -0.749. The van der Waals surface area contributed by atoms with Gasteiger partial charge in [0.1, 0.15) is 5.75 Å². The van der Waals surface area contributed by atoms with Crippen LogP contribution in [0.1, 0.15) is 5.56 Å². The van der Waals surface area contributed by atoms with E-state index in [1.54, 1.807) is 42.5 Å². The van der Waals surface area contributed by atoms with E-state index in [0.717, 1.165) is 12.1 Å². The molecule has 0 aromatic heterocycles. The molecule has 0 bridgehead atoms. The molecule has 0 atom stereocenters. The molecule has 11 heteroatoms. The SMILES string of the molecule is O=C1/C(=C/c2cccc(Oc3ccc([N+](=O)[O-])cc3[N+](=O)[O-])c2)SC(=S)N1c1ccccc1. The molecule has 1 aliphatic rings. The minimum absolute atomic E-state index is 0.141. The molecule has 3 aromatic rings. The molecule has 0 radical (unpaired) electrons. The van der Waals surface area contributed by atoms with Crippen LogP contribution in [-0.2, 0) is 4.79 Å². The average Bonchev–Trinajstić information content (AvgIpc) is 3.07. The van der Waals surface area contributed by atoms with E-state index < -0.39 is 21.2 Å². The van der Waals surface area contributed by atoms with E-state index >= 15 is 0 Å². The Hall–Kier alpha value is -4.09. The van der Waals surface area contributed by atoms with Crippen molar-refractivity contribution in [2.45, 2.75) is 0 Å². The molecule has 3 aromatic carbocycles. The number of carbonyl (C=O) groups is 1. The molecule has 9 nitrogen and oxygen atoms in total. The monoisotopic (exact) mass is 479 g/mol. The molecule has 0 N–H and O–H groups in total. The number of nitro benzene ring substituents is 2. The summed E-state index contributed by atoms with van der Waals surface area (Å²) in [7, 11) is 0. The summed E-state index contributed by atoms with van der Waals surface area (Å²) in [5, 5.41) is 22.2. The van der Waals surface area contributed by atoms with Gasteiger partial charge in [-0.25, -0.2) is 0 Å². The molecule has 0 spiro atoms. The molecule has 1 heterocycles. The Labute approximate surface area is 196 Å². The summed E-state index contributed by atoms with van der Waals surface area (Å²) < 4.78 is 6.04. The number of benzene rings is 3. The number of ether oxygens (including phenoxy) is 1. The Morgan fingerprint density at radius 1 is 0.939 bits per heavy atom. The first-order valence-corrected chi connectivity index (χ1v) is 10.6. The van der Waals surface area contributed by atoms with Crippen molar-refractivity contribution in [1.82, 2.24) is 0 Å². The second-order valence-corrected chi connectivity index (χ2v) is 8.37. The van der Waals surface area contributed by atoms with Crippen LogP contribution in [0.5, 0.6) is 11.5 Å². The lowest BCUT2D eigenvalue weighted by atomic mass is 10.2. The van der Waals surface area contributed by atoms with Gasteiger partial charge in [0, 0.05) is 6.07 Å². The number of thioether (sulfide) groups is 1. The number of para-hydroxylation sites is 1. The van der Waals surface area contributed by atoms with Gasteiger partial charge >= 0.3 is 5.69 Å². The van der Waals surface area contributed by atoms with E-state index in [1.165, 1.54) is 22.7 Å². The van der Waals surface area contributed by atoms with E-state index in [9.17, 15) is 25.0 Å². The predicted octanol–water partition coefficient (Wildman–Crippen LogP) is 5.70. The molecular formula is C22H13N3O6S2. The molecular weight excluding hydrogens is 466 g/mol. The first-order valence-electron chi connectivity index (χ1n) is 9.37. The smallest absolute Gasteiger partial charge is 0.318 e. The quantitative estimate of drug-likeness (QED) is 0.191. The lowest BCUT2D eigenvalue weighted by Gasteiger charge is -2.13. The number of hydrogen-bond donors (Lipinski definition) is 0. The third-order valence-electron chi connectivity index (χ3n) is 4.54. The van der Waals surface area contributed by atoms with E-state index in [2.05, 4.69) is 0 Å². The summed E-state index contributed by atoms with van der Waals surface area (Å²) in [6, 6.07) is 18.8. The summed E-state index contributed by atoms with van der Waals surface area (Å²) in [5.74, 6) is -0.133. The molecule has 1 fully saturated rings. The third-order valence-corrected chi connectivity index (χ3v) is 5.84. The minimum Gasteiger partial charge on any atom is -0.450 e. The van der Waals surface area contributed by atoms with Crippen LogP contribution in [0.25, 0.3) is 6.08 Å². The number of non-ortho nitro benzene ring substituents is 1. The molecule has 0 unspecified atom stereocenters. The lowest BCUT2D eigenvalue weighted by molar-refractivity contribution is -0.394. The highest BCUT2D eigenvalue weighted by Gasteiger charge is 2.33. The maximum atomic E-state index is 12.9. The van der Waals surface area contributed by atoms with Crippen molar-refractivity contribution in [2.24, 2.45) is 0 Å². The Balaban J connectivity index is 1.60. The normalized spacial score (nSPS) is 14.5. The number of hydrogen-bond acceptors (Lipinski definition) is 8. The molecule has 1 saturated heterocycles. The fraction of sp³-hybridized carbons (Fsp3) is 0. The van der Waals surface area contributed by atoms with E-state index in [0.29, 0.717) is 20.5 Å². The van der Waals surface area contributed by atoms with Crippen molar-refractivity contribution >= 4 is 57.3 Å². The Morgan fingerprint density at radius 3 is 2.39 bits per heavy atom. The van der Waals surface area contributed by atoms with Gasteiger partial charge in [-0.2, -0.15) is 0 Å². The molecule has 33 heavy (non-hydrogen) atoms. The maximum Gasteiger partial charge on any atom is 0.318 e. The van der Waals surface area contributed by atoms with Crippen LogP contribution in [0.15, 0.2) is 77.7 Å². The van der Waals surface area contributed by atoms with Gasteiger partial charge in [0.25, 0.3) is 11.6 Å². The van der Waals surface area contributed by atoms with E-state index in [4.69, 9.17) is 17.0 Å². The van der Waals surface area contributed by atoms with Crippen molar-refractivity contribution in [3.05, 3.63) is 103 Å². The van der Waals surface area contributed by atoms with E-state index in [1.807, 2.05) is 18.2 Å². The number of thiocarbonyl (C=S) groups is 1. The number of anilines is 1. The summed E-state index contributed by atoms with van der Waals surface area (Å²) in [4.78, 5) is 35.5. The second-order valence-electron chi connectivity index (χ2n) is 6.69. The van der Waals surface area contributed by atoms with Crippen LogP contribution in [0.2, 0.25) is 0 Å². The van der Waals surface area contributed by atoms with Gasteiger partial charge in [0.2, 0.25) is 5.75 Å². The summed E-state index contributed by atoms with van der Waals surface area (Å²) >= 11 is 6.53. The van der Waals surface area contributed by atoms with Crippen LogP contribution in [0.4, 0.5) is 17.1 Å². The standard InChI is InChI=1S/C22H13N3O6S2/c26-21-20(33-22(32)23(21)15-6-2-1-3-7-15)12-14-5-4-8-17(11-14)31-19-10-9-16(24(27)28)13-18(19)25(29)30/h1-13H/b20-12-. The largest absolute Gasteiger partial charge is 0.450 e. The highest BCUT2D eigenvalue weighted by molar-refractivity contribution is 8.27. The molecule has 4 rings (SSSR count). The van der Waals surface area contributed by atoms with Gasteiger partial charge in [0.15, 0.2) is 4.32 Å². The van der Waals surface area contributed by atoms with Gasteiger partial charge in [0.05, 0.1) is 26.5 Å². The summed E-state index contributed by atoms with van der Waals surface area (Å²) in [5.41, 5.74) is 0.346. The fourth-order valence-corrected chi connectivity index (χ4v) is 4.36. The Bertz CT molecular complexity index is 1330. The first-order chi connectivity index (χ1) is 15.8. The van der Waals surface area contributed by atoms with Crippen LogP contribution in [-0.4, -0.2) is 20.1 Å². The van der Waals surface area contributed by atoms with Gasteiger partial charge in [-0.1, -0.05) is 54.3 Å². The summed E-state index contributed by atoms with van der Waals surface area (Å²) in [6.07, 6.45) is 1.65. The van der Waals surface area contributed by atoms with Crippen LogP contribution < -0.4 is 9.64 Å². The van der Waals surface area contributed by atoms with Gasteiger partial charge in [-0.3, -0.25) is 29.9 Å². The van der Waals surface area contributed by atoms with Crippen LogP contribution in [0.3, 0.4) is 0 Å². The number of rotatable bonds is 6. The zero-order valence-electron chi connectivity index (χ0n) is 16.6. The predicted molar refractivity (Wildman–Crippen MR) is 128 cm³/mol. The molecule has 0 saturated carbocycles. The molecule has 1 amide bonds. The highest BCUT2D eigenvalue weighted by Crippen LogP contribution is 2.37. The van der Waals surface area contributed by atoms with Crippen LogP contribution >= 0.6 is 24.0 Å². The third kappa shape index (κ3) is 4.73. The van der Waals surface area contributed by atoms with Crippen molar-refractivity contribution in [1.29, 1.82) is 0 Å². The number of carbonyl (C=O) groups excluding carboxylic acids is 1. The average molecular weight is 479 g/mol. The van der Waals surface area contributed by atoms with Crippen LogP contribution in [0, 0.1) is 20.2 Å². The van der Waals surface area contributed by atoms with Gasteiger partial charge in [-0.05, 0) is 42.0 Å². The van der Waals surface area contributed by atoms with Crippen molar-refractivity contribution < 1.29 is 19.4 Å². The van der Waals surface area contributed by atoms with Gasteiger partial charge in [-0.15, -0.1) is 0 Å². The molecule has 164 valence electrons. The second kappa shape index (κ2) is 9.18. The Kier molecular flexibility index (Phi) is 6.16. The zero-order chi connectivity index (χ0) is 23.5. The number of nitrogens with zero attached hydrogens (tertiary/aromatic N) is 3. The van der Waals surface area contributed by atoms with Gasteiger partial charge < -0.3 is 4.74 Å². The Morgan fingerprint density at radius 2 is 1.70 bits per heavy atom. The van der Waals surface area contributed by atoms with Crippen molar-refractivity contribution in [2.75, 3.05) is 4.90 Å². The molecule has 0 aliphatic carbocycles. The van der Waals surface area contributed by atoms with Crippen molar-refractivity contribution in [3.8, 4) is 11.5 Å². The highest BCUT2D eigenvalue weighted by atomic mass is 32.2.